The lowest BCUT2D eigenvalue weighted by molar-refractivity contribution is -0.0905. The van der Waals surface area contributed by atoms with Crippen molar-refractivity contribution in [1.29, 1.82) is 0 Å². The van der Waals surface area contributed by atoms with Gasteiger partial charge in [0.2, 0.25) is 5.95 Å². The molecule has 38 heavy (non-hydrogen) atoms. The van der Waals surface area contributed by atoms with Crippen molar-refractivity contribution < 1.29 is 62.5 Å². The van der Waals surface area contributed by atoms with Gasteiger partial charge in [0.15, 0.2) is 17.4 Å². The summed E-state index contributed by atoms with van der Waals surface area (Å²) >= 11 is 0. The Kier molecular flexibility index (Phi) is 7.97. The molecule has 10 atom stereocenters. The van der Waals surface area contributed by atoms with Crippen molar-refractivity contribution in [2.45, 2.75) is 55.9 Å². The lowest BCUT2D eigenvalue weighted by Crippen LogP contribution is -2.48. The Bertz CT molecular complexity index is 1380. The summed E-state index contributed by atoms with van der Waals surface area (Å²) in [5.41, 5.74) is 4.70. The van der Waals surface area contributed by atoms with Gasteiger partial charge < -0.3 is 45.8 Å². The molecule has 0 bridgehead atoms. The summed E-state index contributed by atoms with van der Waals surface area (Å²) in [7, 11) is -10.8. The molecule has 0 spiro atoms. The summed E-state index contributed by atoms with van der Waals surface area (Å²) < 4.78 is 44.6. The lowest BCUT2D eigenvalue weighted by atomic mass is 9.91. The van der Waals surface area contributed by atoms with Crippen LogP contribution in [0.25, 0.3) is 11.2 Å². The largest absolute Gasteiger partial charge is 0.481 e. The number of imidazole rings is 1. The van der Waals surface area contributed by atoms with Crippen LogP contribution in [0.2, 0.25) is 0 Å². The van der Waals surface area contributed by atoms with Crippen molar-refractivity contribution in [3.8, 4) is 0 Å². The van der Waals surface area contributed by atoms with Crippen molar-refractivity contribution in [2.24, 2.45) is 0 Å². The maximum Gasteiger partial charge on any atom is 0.481 e. The van der Waals surface area contributed by atoms with Crippen LogP contribution in [0.1, 0.15) is 13.2 Å². The molecule has 10 N–H and O–H groups in total. The van der Waals surface area contributed by atoms with E-state index in [4.69, 9.17) is 10.5 Å². The molecule has 21 heteroatoms. The van der Waals surface area contributed by atoms with Crippen molar-refractivity contribution in [1.82, 2.24) is 19.5 Å². The molecule has 1 saturated heterocycles. The third-order valence-electron chi connectivity index (χ3n) is 5.83. The second kappa shape index (κ2) is 10.5. The SMILES string of the molecule is CC1=C[C@H](OP(=O)(O)OP(=O)(O)OC[C@H]2O[C@@H](n3cnc4c(=O)[nH]c(N)nc43)[C@H](O)[C@@H]2O)[C@@H](O)[C@H](O)[C@@H]1O. The molecule has 0 radical (unpaired) electrons. The first-order chi connectivity index (χ1) is 17.6. The van der Waals surface area contributed by atoms with E-state index in [1.807, 2.05) is 0 Å². The van der Waals surface area contributed by atoms with Gasteiger partial charge in [-0.1, -0.05) is 6.08 Å². The topological polar surface area (TPSA) is 302 Å². The maximum atomic E-state index is 12.3. The molecular formula is C17H25N5O14P2. The number of aromatic amines is 1. The smallest absolute Gasteiger partial charge is 0.387 e. The van der Waals surface area contributed by atoms with Crippen LogP contribution >= 0.6 is 15.6 Å². The van der Waals surface area contributed by atoms with Crippen LogP contribution in [0.3, 0.4) is 0 Å². The number of aliphatic hydroxyl groups is 5. The van der Waals surface area contributed by atoms with Crippen LogP contribution in [0.15, 0.2) is 22.8 Å². The third kappa shape index (κ3) is 5.75. The predicted molar refractivity (Wildman–Crippen MR) is 122 cm³/mol. The van der Waals surface area contributed by atoms with Gasteiger partial charge in [-0.05, 0) is 12.5 Å². The van der Waals surface area contributed by atoms with Crippen molar-refractivity contribution in [3.05, 3.63) is 28.3 Å². The molecule has 2 aromatic rings. The van der Waals surface area contributed by atoms with E-state index in [2.05, 4.69) is 28.3 Å². The summed E-state index contributed by atoms with van der Waals surface area (Å²) in [6.45, 7) is 0.394. The van der Waals surface area contributed by atoms with E-state index in [0.717, 1.165) is 17.0 Å². The molecular weight excluding hydrogens is 560 g/mol. The number of anilines is 1. The van der Waals surface area contributed by atoms with Gasteiger partial charge in [0.05, 0.1) is 12.9 Å². The molecule has 212 valence electrons. The zero-order chi connectivity index (χ0) is 28.2. The lowest BCUT2D eigenvalue weighted by Gasteiger charge is -2.33. The summed E-state index contributed by atoms with van der Waals surface area (Å²) in [5, 5.41) is 50.2. The number of phosphoric ester groups is 2. The zero-order valence-corrected chi connectivity index (χ0v) is 21.1. The second-order valence-electron chi connectivity index (χ2n) is 8.54. The van der Waals surface area contributed by atoms with E-state index >= 15 is 0 Å². The number of nitrogens with zero attached hydrogens (tertiary/aromatic N) is 3. The Labute approximate surface area is 211 Å². The number of rotatable bonds is 8. The molecule has 0 aromatic carbocycles. The minimum Gasteiger partial charge on any atom is -0.387 e. The van der Waals surface area contributed by atoms with Crippen LogP contribution in [-0.4, -0.2) is 104 Å². The number of ether oxygens (including phenoxy) is 1. The molecule has 0 saturated carbocycles. The molecule has 2 unspecified atom stereocenters. The number of hydrogen-bond acceptors (Lipinski definition) is 15. The highest BCUT2D eigenvalue weighted by molar-refractivity contribution is 7.61. The third-order valence-corrected chi connectivity index (χ3v) is 8.47. The summed E-state index contributed by atoms with van der Waals surface area (Å²) in [6, 6.07) is 0. The maximum absolute atomic E-state index is 12.3. The quantitative estimate of drug-likeness (QED) is 0.110. The van der Waals surface area contributed by atoms with Crippen LogP contribution in [-0.2, 0) is 27.2 Å². The number of nitrogens with two attached hydrogens (primary N) is 1. The van der Waals surface area contributed by atoms with Gasteiger partial charge >= 0.3 is 15.6 Å². The number of phosphoric acid groups is 2. The number of hydrogen-bond donors (Lipinski definition) is 9. The monoisotopic (exact) mass is 585 g/mol. The van der Waals surface area contributed by atoms with E-state index in [-0.39, 0.29) is 22.7 Å². The van der Waals surface area contributed by atoms with Crippen LogP contribution < -0.4 is 11.3 Å². The molecule has 2 aromatic heterocycles. The standard InChI is InChI=1S/C17H25N5O14P2/c1-5-2-6(10(24)12(26)9(5)23)35-38(31,32)36-37(29,30)33-3-7-11(25)13(27)16(34-7)22-4-19-8-14(22)20-17(18)21-15(8)28/h2,4,6-7,9-13,16,23-27H,3H2,1H3,(H,29,30)(H,31,32)(H3,18,20,21,28)/t6-,7+,9+,10+,11+,12+,13+,16+/m0/s1. The van der Waals surface area contributed by atoms with Gasteiger partial charge in [-0.2, -0.15) is 9.29 Å². The first-order valence-corrected chi connectivity index (χ1v) is 13.8. The number of fused-ring (bicyclic) bond motifs is 1. The number of H-pyrrole nitrogens is 1. The Morgan fingerprint density at radius 3 is 2.47 bits per heavy atom. The van der Waals surface area contributed by atoms with Crippen molar-refractivity contribution in [3.63, 3.8) is 0 Å². The number of aromatic nitrogens is 4. The highest BCUT2D eigenvalue weighted by atomic mass is 31.3. The molecule has 2 aliphatic rings. The Morgan fingerprint density at radius 2 is 1.79 bits per heavy atom. The minimum atomic E-state index is -5.42. The molecule has 1 fully saturated rings. The van der Waals surface area contributed by atoms with Crippen LogP contribution in [0.4, 0.5) is 5.95 Å². The molecule has 1 aliphatic heterocycles. The zero-order valence-electron chi connectivity index (χ0n) is 19.3. The van der Waals surface area contributed by atoms with Gasteiger partial charge in [-0.25, -0.2) is 14.1 Å². The Balaban J connectivity index is 1.41. The van der Waals surface area contributed by atoms with Gasteiger partial charge in [-0.3, -0.25) is 23.4 Å². The fraction of sp³-hybridized carbons (Fsp3) is 0.588. The molecule has 19 nitrogen and oxygen atoms in total. The van der Waals surface area contributed by atoms with Gasteiger partial charge in [0.25, 0.3) is 5.56 Å². The highest BCUT2D eigenvalue weighted by Gasteiger charge is 2.47. The molecule has 0 amide bonds. The number of nitrogen functional groups attached to an aromatic ring is 1. The van der Waals surface area contributed by atoms with Crippen molar-refractivity contribution >= 4 is 32.8 Å². The fourth-order valence-corrected chi connectivity index (χ4v) is 6.13. The van der Waals surface area contributed by atoms with E-state index < -0.39 is 76.8 Å². The van der Waals surface area contributed by atoms with E-state index in [9.17, 15) is 49.2 Å². The molecule has 1 aliphatic carbocycles. The first-order valence-electron chi connectivity index (χ1n) is 10.8. The van der Waals surface area contributed by atoms with Crippen LogP contribution in [0.5, 0.6) is 0 Å². The second-order valence-corrected chi connectivity index (χ2v) is 11.5. The van der Waals surface area contributed by atoms with E-state index in [1.165, 1.54) is 6.92 Å². The number of nitrogens with one attached hydrogen (secondary N) is 1. The van der Waals surface area contributed by atoms with E-state index in [1.54, 1.807) is 0 Å². The summed E-state index contributed by atoms with van der Waals surface area (Å²) in [5.74, 6) is -0.261. The summed E-state index contributed by atoms with van der Waals surface area (Å²) in [6.07, 6.45) is -11.0. The normalized spacial score (nSPS) is 35.1. The minimum absolute atomic E-state index is 0.0878. The number of aliphatic hydroxyl groups excluding tert-OH is 5. The van der Waals surface area contributed by atoms with E-state index in [0.29, 0.717) is 0 Å². The highest BCUT2D eigenvalue weighted by Crippen LogP contribution is 2.61. The fourth-order valence-electron chi connectivity index (χ4n) is 3.92. The first kappa shape index (κ1) is 28.9. The molecule has 4 rings (SSSR count). The average Bonchev–Trinajstić information content (AvgIpc) is 3.35. The van der Waals surface area contributed by atoms with Gasteiger partial charge in [0, 0.05) is 0 Å². The van der Waals surface area contributed by atoms with Crippen LogP contribution in [0, 0.1) is 0 Å². The summed E-state index contributed by atoms with van der Waals surface area (Å²) in [4.78, 5) is 41.8. The Hall–Kier alpha value is -2.09. The van der Waals surface area contributed by atoms with Gasteiger partial charge in [-0.15, -0.1) is 0 Å². The average molecular weight is 585 g/mol. The van der Waals surface area contributed by atoms with Crippen molar-refractivity contribution in [2.75, 3.05) is 12.3 Å². The molecule has 3 heterocycles. The predicted octanol–water partition coefficient (Wildman–Crippen LogP) is -3.02. The Morgan fingerprint density at radius 1 is 1.11 bits per heavy atom. The van der Waals surface area contributed by atoms with Gasteiger partial charge in [0.1, 0.15) is 42.7 Å².